The van der Waals surface area contributed by atoms with Crippen LogP contribution in [0.5, 0.6) is 5.75 Å². The molecule has 0 aliphatic carbocycles. The third kappa shape index (κ3) is 4.83. The first-order chi connectivity index (χ1) is 10.1. The molecule has 0 unspecified atom stereocenters. The summed E-state index contributed by atoms with van der Waals surface area (Å²) in [6.07, 6.45) is 1.11. The number of ketones is 1. The molecule has 2 rings (SSSR count). The lowest BCUT2D eigenvalue weighted by Crippen LogP contribution is -2.46. The van der Waals surface area contributed by atoms with Crippen molar-refractivity contribution in [3.63, 3.8) is 0 Å². The molecule has 116 valence electrons. The molecular weight excluding hydrogens is 266 g/mol. The van der Waals surface area contributed by atoms with Crippen LogP contribution in [0.15, 0.2) is 24.3 Å². The van der Waals surface area contributed by atoms with E-state index in [9.17, 15) is 4.79 Å². The van der Waals surface area contributed by atoms with Crippen molar-refractivity contribution < 1.29 is 14.3 Å². The van der Waals surface area contributed by atoms with Gasteiger partial charge in [0.05, 0.1) is 12.2 Å². The monoisotopic (exact) mass is 291 g/mol. The largest absolute Gasteiger partial charge is 0.492 e. The second-order valence-electron chi connectivity index (χ2n) is 5.67. The Hall–Kier alpha value is -1.39. The molecule has 1 aromatic rings. The fraction of sp³-hybridized carbons (Fsp3) is 0.588. The highest BCUT2D eigenvalue weighted by Crippen LogP contribution is 2.14. The third-order valence-corrected chi connectivity index (χ3v) is 3.67. The van der Waals surface area contributed by atoms with E-state index in [1.54, 1.807) is 0 Å². The van der Waals surface area contributed by atoms with Gasteiger partial charge in [0.2, 0.25) is 0 Å². The van der Waals surface area contributed by atoms with Gasteiger partial charge < -0.3 is 9.47 Å². The Morgan fingerprint density at radius 1 is 1.24 bits per heavy atom. The smallest absolute Gasteiger partial charge is 0.162 e. The Morgan fingerprint density at radius 3 is 2.43 bits per heavy atom. The molecule has 1 aliphatic heterocycles. The summed E-state index contributed by atoms with van der Waals surface area (Å²) in [5.74, 6) is 0.981. The summed E-state index contributed by atoms with van der Waals surface area (Å²) in [6, 6.07) is 7.40. The fourth-order valence-corrected chi connectivity index (χ4v) is 2.70. The standard InChI is InChI=1S/C17H25NO3/c1-4-17(19)15-5-7-16(8-6-15)20-10-9-18-11-13(2)21-14(3)12-18/h5-8,13-14H,4,9-12H2,1-3H3/t13-,14-/m1/s1. The Bertz CT molecular complexity index is 448. The van der Waals surface area contributed by atoms with E-state index in [1.165, 1.54) is 0 Å². The van der Waals surface area contributed by atoms with Crippen molar-refractivity contribution in [1.82, 2.24) is 4.90 Å². The number of nitrogens with zero attached hydrogens (tertiary/aromatic N) is 1. The molecule has 1 saturated heterocycles. The van der Waals surface area contributed by atoms with Gasteiger partial charge in [0.15, 0.2) is 5.78 Å². The van der Waals surface area contributed by atoms with Crippen molar-refractivity contribution in [1.29, 1.82) is 0 Å². The van der Waals surface area contributed by atoms with E-state index in [0.29, 0.717) is 13.0 Å². The predicted octanol–water partition coefficient (Wildman–Crippen LogP) is 2.77. The summed E-state index contributed by atoms with van der Waals surface area (Å²) in [4.78, 5) is 13.9. The van der Waals surface area contributed by atoms with Crippen LogP contribution in [0.2, 0.25) is 0 Å². The van der Waals surface area contributed by atoms with Gasteiger partial charge in [0.25, 0.3) is 0 Å². The van der Waals surface area contributed by atoms with Crippen molar-refractivity contribution in [3.8, 4) is 5.75 Å². The SMILES string of the molecule is CCC(=O)c1ccc(OCCN2C[C@@H](C)O[C@H](C)C2)cc1. The molecule has 0 radical (unpaired) electrons. The van der Waals surface area contributed by atoms with Crippen LogP contribution in [-0.4, -0.2) is 49.1 Å². The molecule has 1 aliphatic rings. The highest BCUT2D eigenvalue weighted by atomic mass is 16.5. The first kappa shape index (κ1) is 16.0. The molecule has 4 heteroatoms. The first-order valence-corrected chi connectivity index (χ1v) is 7.72. The number of Topliss-reactive ketones (excluding diaryl/α,β-unsaturated/α-hetero) is 1. The maximum atomic E-state index is 11.5. The average Bonchev–Trinajstić information content (AvgIpc) is 2.46. The minimum Gasteiger partial charge on any atom is -0.492 e. The number of ether oxygens (including phenoxy) is 2. The van der Waals surface area contributed by atoms with Gasteiger partial charge in [-0.3, -0.25) is 9.69 Å². The predicted molar refractivity (Wildman–Crippen MR) is 83.0 cm³/mol. The Morgan fingerprint density at radius 2 is 1.86 bits per heavy atom. The summed E-state index contributed by atoms with van der Waals surface area (Å²) >= 11 is 0. The van der Waals surface area contributed by atoms with Crippen molar-refractivity contribution in [2.45, 2.75) is 39.4 Å². The Balaban J connectivity index is 1.77. The van der Waals surface area contributed by atoms with E-state index in [1.807, 2.05) is 31.2 Å². The fourth-order valence-electron chi connectivity index (χ4n) is 2.70. The zero-order valence-electron chi connectivity index (χ0n) is 13.2. The lowest BCUT2D eigenvalue weighted by atomic mass is 10.1. The van der Waals surface area contributed by atoms with Crippen LogP contribution in [0.1, 0.15) is 37.6 Å². The van der Waals surface area contributed by atoms with Crippen LogP contribution in [0.25, 0.3) is 0 Å². The molecule has 1 fully saturated rings. The summed E-state index contributed by atoms with van der Waals surface area (Å²) in [6.45, 7) is 9.54. The number of benzene rings is 1. The second-order valence-corrected chi connectivity index (χ2v) is 5.67. The molecule has 0 amide bonds. The third-order valence-electron chi connectivity index (χ3n) is 3.67. The van der Waals surface area contributed by atoms with Gasteiger partial charge in [-0.1, -0.05) is 6.92 Å². The molecule has 0 aromatic heterocycles. The topological polar surface area (TPSA) is 38.8 Å². The number of hydrogen-bond donors (Lipinski definition) is 0. The maximum absolute atomic E-state index is 11.5. The van der Waals surface area contributed by atoms with Crippen molar-refractivity contribution in [2.75, 3.05) is 26.2 Å². The Kier molecular flexibility index (Phi) is 5.76. The van der Waals surface area contributed by atoms with Crippen LogP contribution < -0.4 is 4.74 Å². The first-order valence-electron chi connectivity index (χ1n) is 7.72. The van der Waals surface area contributed by atoms with E-state index < -0.39 is 0 Å². The lowest BCUT2D eigenvalue weighted by molar-refractivity contribution is -0.0699. The van der Waals surface area contributed by atoms with Gasteiger partial charge in [-0.2, -0.15) is 0 Å². The van der Waals surface area contributed by atoms with Gasteiger partial charge in [-0.15, -0.1) is 0 Å². The zero-order chi connectivity index (χ0) is 15.2. The number of rotatable bonds is 6. The maximum Gasteiger partial charge on any atom is 0.162 e. The number of hydrogen-bond acceptors (Lipinski definition) is 4. The number of carbonyl (C=O) groups is 1. The van der Waals surface area contributed by atoms with E-state index in [-0.39, 0.29) is 18.0 Å². The normalized spacial score (nSPS) is 23.0. The molecule has 0 spiro atoms. The molecule has 1 heterocycles. The summed E-state index contributed by atoms with van der Waals surface area (Å²) in [5, 5.41) is 0. The van der Waals surface area contributed by atoms with E-state index in [2.05, 4.69) is 18.7 Å². The van der Waals surface area contributed by atoms with Crippen LogP contribution in [-0.2, 0) is 4.74 Å². The number of morpholine rings is 1. The molecule has 0 N–H and O–H groups in total. The van der Waals surface area contributed by atoms with E-state index in [0.717, 1.165) is 30.9 Å². The van der Waals surface area contributed by atoms with Crippen LogP contribution >= 0.6 is 0 Å². The number of carbonyl (C=O) groups excluding carboxylic acids is 1. The summed E-state index contributed by atoms with van der Waals surface area (Å²) < 4.78 is 11.5. The minimum atomic E-state index is 0.165. The lowest BCUT2D eigenvalue weighted by Gasteiger charge is -2.35. The van der Waals surface area contributed by atoms with Gasteiger partial charge >= 0.3 is 0 Å². The Labute approximate surface area is 127 Å². The van der Waals surface area contributed by atoms with Crippen molar-refractivity contribution in [2.24, 2.45) is 0 Å². The van der Waals surface area contributed by atoms with Crippen molar-refractivity contribution in [3.05, 3.63) is 29.8 Å². The van der Waals surface area contributed by atoms with Gasteiger partial charge in [0, 0.05) is 31.6 Å². The van der Waals surface area contributed by atoms with Crippen molar-refractivity contribution >= 4 is 5.78 Å². The highest BCUT2D eigenvalue weighted by Gasteiger charge is 2.21. The quantitative estimate of drug-likeness (QED) is 0.756. The highest BCUT2D eigenvalue weighted by molar-refractivity contribution is 5.95. The zero-order valence-corrected chi connectivity index (χ0v) is 13.2. The van der Waals surface area contributed by atoms with E-state index >= 15 is 0 Å². The van der Waals surface area contributed by atoms with Crippen LogP contribution in [0, 0.1) is 0 Å². The minimum absolute atomic E-state index is 0.165. The summed E-state index contributed by atoms with van der Waals surface area (Å²) in [7, 11) is 0. The molecule has 0 bridgehead atoms. The molecule has 4 nitrogen and oxygen atoms in total. The van der Waals surface area contributed by atoms with Crippen LogP contribution in [0.3, 0.4) is 0 Å². The van der Waals surface area contributed by atoms with E-state index in [4.69, 9.17) is 9.47 Å². The molecule has 1 aromatic carbocycles. The second kappa shape index (κ2) is 7.57. The molecule has 2 atom stereocenters. The molecular formula is C17H25NO3. The summed E-state index contributed by atoms with van der Waals surface area (Å²) in [5.41, 5.74) is 0.751. The average molecular weight is 291 g/mol. The van der Waals surface area contributed by atoms with Gasteiger partial charge in [-0.05, 0) is 38.1 Å². The van der Waals surface area contributed by atoms with Gasteiger partial charge in [-0.25, -0.2) is 0 Å². The molecule has 21 heavy (non-hydrogen) atoms. The molecule has 0 saturated carbocycles. The van der Waals surface area contributed by atoms with Crippen LogP contribution in [0.4, 0.5) is 0 Å². The van der Waals surface area contributed by atoms with Gasteiger partial charge in [0.1, 0.15) is 12.4 Å².